The molecule has 0 radical (unpaired) electrons. The van der Waals surface area contributed by atoms with E-state index in [0.717, 1.165) is 0 Å². The molecule has 46 valence electrons. The minimum atomic E-state index is -0.313. The van der Waals surface area contributed by atoms with E-state index in [2.05, 4.69) is 0 Å². The van der Waals surface area contributed by atoms with E-state index in [-0.39, 0.29) is 18.6 Å². The normalized spacial score (nSPS) is 36.2. The van der Waals surface area contributed by atoms with Gasteiger partial charge >= 0.3 is 0 Å². The zero-order chi connectivity index (χ0) is 5.98. The van der Waals surface area contributed by atoms with Crippen LogP contribution in [-0.2, 0) is 0 Å². The summed E-state index contributed by atoms with van der Waals surface area (Å²) in [6.07, 6.45) is 3.95. The predicted octanol–water partition coefficient (Wildman–Crippen LogP) is -0.0843. The Hall–Kier alpha value is -0.340. The van der Waals surface area contributed by atoms with Crippen molar-refractivity contribution in [3.63, 3.8) is 0 Å². The monoisotopic (exact) mass is 114 g/mol. The summed E-state index contributed by atoms with van der Waals surface area (Å²) in [6, 6.07) is 0. The average Bonchev–Trinajstić information content (AvgIpc) is 2.14. The van der Waals surface area contributed by atoms with Gasteiger partial charge in [-0.3, -0.25) is 0 Å². The maximum atomic E-state index is 8.83. The van der Waals surface area contributed by atoms with Gasteiger partial charge in [-0.25, -0.2) is 0 Å². The molecule has 2 nitrogen and oxygen atoms in total. The first-order valence-electron chi connectivity index (χ1n) is 2.80. The second kappa shape index (κ2) is 2.29. The SMILES string of the molecule is OC[C@@H]1C=C[C@H](O)C1. The molecule has 0 aromatic carbocycles. The van der Waals surface area contributed by atoms with E-state index in [0.29, 0.717) is 6.42 Å². The van der Waals surface area contributed by atoms with Crippen LogP contribution in [0.25, 0.3) is 0 Å². The van der Waals surface area contributed by atoms with Gasteiger partial charge in [0.2, 0.25) is 0 Å². The van der Waals surface area contributed by atoms with Crippen LogP contribution in [0.15, 0.2) is 12.2 Å². The van der Waals surface area contributed by atoms with E-state index in [1.807, 2.05) is 6.08 Å². The standard InChI is InChI=1S/C6H10O2/c7-4-5-1-2-6(8)3-5/h1-2,5-8H,3-4H2/t5-,6+/m1/s1. The first kappa shape index (κ1) is 5.79. The highest BCUT2D eigenvalue weighted by atomic mass is 16.3. The van der Waals surface area contributed by atoms with Gasteiger partial charge in [0.05, 0.1) is 6.10 Å². The number of aliphatic hydroxyl groups excluding tert-OH is 2. The zero-order valence-electron chi connectivity index (χ0n) is 4.62. The van der Waals surface area contributed by atoms with E-state index >= 15 is 0 Å². The lowest BCUT2D eigenvalue weighted by Gasteiger charge is -2.01. The fourth-order valence-corrected chi connectivity index (χ4v) is 0.888. The van der Waals surface area contributed by atoms with Crippen LogP contribution in [0.5, 0.6) is 0 Å². The third-order valence-electron chi connectivity index (χ3n) is 1.38. The van der Waals surface area contributed by atoms with Gasteiger partial charge in [0.1, 0.15) is 0 Å². The minimum Gasteiger partial charge on any atom is -0.396 e. The topological polar surface area (TPSA) is 40.5 Å². The summed E-state index contributed by atoms with van der Waals surface area (Å²) in [5.41, 5.74) is 0. The number of hydrogen-bond acceptors (Lipinski definition) is 2. The molecular formula is C6H10O2. The third-order valence-corrected chi connectivity index (χ3v) is 1.38. The molecule has 0 heterocycles. The molecule has 0 spiro atoms. The molecule has 0 aromatic rings. The Morgan fingerprint density at radius 3 is 2.50 bits per heavy atom. The van der Waals surface area contributed by atoms with Crippen molar-refractivity contribution in [3.8, 4) is 0 Å². The molecule has 0 saturated carbocycles. The molecule has 0 aliphatic heterocycles. The summed E-state index contributed by atoms with van der Waals surface area (Å²) in [7, 11) is 0. The molecule has 0 aromatic heterocycles. The Bertz CT molecular complexity index is 98.7. The van der Waals surface area contributed by atoms with E-state index in [4.69, 9.17) is 10.2 Å². The lowest BCUT2D eigenvalue weighted by molar-refractivity contribution is 0.181. The van der Waals surface area contributed by atoms with Crippen molar-refractivity contribution >= 4 is 0 Å². The third kappa shape index (κ3) is 1.08. The van der Waals surface area contributed by atoms with Crippen LogP contribution in [0.2, 0.25) is 0 Å². The summed E-state index contributed by atoms with van der Waals surface area (Å²) in [6.45, 7) is 0.160. The molecule has 0 amide bonds. The van der Waals surface area contributed by atoms with Gasteiger partial charge in [-0.1, -0.05) is 12.2 Å². The molecular weight excluding hydrogens is 104 g/mol. The minimum absolute atomic E-state index is 0.160. The van der Waals surface area contributed by atoms with Crippen LogP contribution in [0.4, 0.5) is 0 Å². The first-order valence-corrected chi connectivity index (χ1v) is 2.80. The molecule has 1 aliphatic rings. The molecule has 0 fully saturated rings. The fourth-order valence-electron chi connectivity index (χ4n) is 0.888. The summed E-state index contributed by atoms with van der Waals surface area (Å²) >= 11 is 0. The van der Waals surface area contributed by atoms with E-state index in [9.17, 15) is 0 Å². The average molecular weight is 114 g/mol. The van der Waals surface area contributed by atoms with Gasteiger partial charge in [0.25, 0.3) is 0 Å². The van der Waals surface area contributed by atoms with Crippen molar-refractivity contribution in [2.45, 2.75) is 12.5 Å². The number of aliphatic hydroxyl groups is 2. The molecule has 0 saturated heterocycles. The second-order valence-electron chi connectivity index (χ2n) is 2.13. The molecule has 0 unspecified atom stereocenters. The van der Waals surface area contributed by atoms with Crippen molar-refractivity contribution < 1.29 is 10.2 Å². The lowest BCUT2D eigenvalue weighted by Crippen LogP contribution is -2.04. The molecule has 0 bridgehead atoms. The predicted molar refractivity (Wildman–Crippen MR) is 30.3 cm³/mol. The van der Waals surface area contributed by atoms with Gasteiger partial charge in [-0.2, -0.15) is 0 Å². The number of hydrogen-bond donors (Lipinski definition) is 2. The largest absolute Gasteiger partial charge is 0.396 e. The van der Waals surface area contributed by atoms with E-state index in [1.165, 1.54) is 0 Å². The smallest absolute Gasteiger partial charge is 0.0727 e. The molecule has 2 N–H and O–H groups in total. The Balaban J connectivity index is 2.34. The Kier molecular flexibility index (Phi) is 1.65. The molecule has 2 heteroatoms. The second-order valence-corrected chi connectivity index (χ2v) is 2.13. The summed E-state index contributed by atoms with van der Waals surface area (Å²) in [4.78, 5) is 0. The van der Waals surface area contributed by atoms with Crippen molar-refractivity contribution in [1.82, 2.24) is 0 Å². The Morgan fingerprint density at radius 1 is 1.50 bits per heavy atom. The van der Waals surface area contributed by atoms with Crippen molar-refractivity contribution in [3.05, 3.63) is 12.2 Å². The van der Waals surface area contributed by atoms with Crippen LogP contribution >= 0.6 is 0 Å². The van der Waals surface area contributed by atoms with Crippen LogP contribution in [0.3, 0.4) is 0 Å². The summed E-state index contributed by atoms with van der Waals surface area (Å²) < 4.78 is 0. The summed E-state index contributed by atoms with van der Waals surface area (Å²) in [5, 5.41) is 17.4. The molecule has 1 aliphatic carbocycles. The van der Waals surface area contributed by atoms with Gasteiger partial charge < -0.3 is 10.2 Å². The van der Waals surface area contributed by atoms with Crippen molar-refractivity contribution in [2.75, 3.05) is 6.61 Å². The number of rotatable bonds is 1. The fraction of sp³-hybridized carbons (Fsp3) is 0.667. The highest BCUT2D eigenvalue weighted by Crippen LogP contribution is 2.15. The van der Waals surface area contributed by atoms with Crippen LogP contribution in [-0.4, -0.2) is 22.9 Å². The maximum absolute atomic E-state index is 8.83. The van der Waals surface area contributed by atoms with Crippen molar-refractivity contribution in [2.24, 2.45) is 5.92 Å². The molecule has 2 atom stereocenters. The highest BCUT2D eigenvalue weighted by molar-refractivity contribution is 5.01. The van der Waals surface area contributed by atoms with Gasteiger partial charge in [0.15, 0.2) is 0 Å². The highest BCUT2D eigenvalue weighted by Gasteiger charge is 2.14. The van der Waals surface area contributed by atoms with Crippen LogP contribution < -0.4 is 0 Å². The maximum Gasteiger partial charge on any atom is 0.0727 e. The van der Waals surface area contributed by atoms with Crippen LogP contribution in [0.1, 0.15) is 6.42 Å². The summed E-state index contributed by atoms with van der Waals surface area (Å²) in [5.74, 6) is 0.199. The lowest BCUT2D eigenvalue weighted by atomic mass is 10.1. The molecule has 1 rings (SSSR count). The quantitative estimate of drug-likeness (QED) is 0.468. The molecule has 8 heavy (non-hydrogen) atoms. The van der Waals surface area contributed by atoms with E-state index < -0.39 is 0 Å². The van der Waals surface area contributed by atoms with Crippen LogP contribution in [0, 0.1) is 5.92 Å². The van der Waals surface area contributed by atoms with E-state index in [1.54, 1.807) is 6.08 Å². The first-order chi connectivity index (χ1) is 3.83. The zero-order valence-corrected chi connectivity index (χ0v) is 4.62. The Labute approximate surface area is 48.5 Å². The van der Waals surface area contributed by atoms with Gasteiger partial charge in [-0.15, -0.1) is 0 Å². The van der Waals surface area contributed by atoms with Gasteiger partial charge in [0, 0.05) is 12.5 Å². The van der Waals surface area contributed by atoms with Gasteiger partial charge in [-0.05, 0) is 6.42 Å². The van der Waals surface area contributed by atoms with Crippen molar-refractivity contribution in [1.29, 1.82) is 0 Å². The Morgan fingerprint density at radius 2 is 2.25 bits per heavy atom.